The molecule has 2 aliphatic rings. The molecule has 0 saturated heterocycles. The van der Waals surface area contributed by atoms with Crippen molar-refractivity contribution in [1.82, 2.24) is 0 Å². The number of fused-ring (bicyclic) bond motifs is 1. The van der Waals surface area contributed by atoms with Crippen LogP contribution in [0.25, 0.3) is 0 Å². The molecule has 0 spiro atoms. The number of sulfonamides is 1. The summed E-state index contributed by atoms with van der Waals surface area (Å²) < 4.78 is 25.4. The smallest absolute Gasteiger partial charge is 0.246 e. The number of hydrogen-bond donors (Lipinski definition) is 1. The van der Waals surface area contributed by atoms with Gasteiger partial charge in [-0.05, 0) is 49.4 Å². The van der Waals surface area contributed by atoms with Crippen molar-refractivity contribution in [2.24, 2.45) is 5.92 Å². The molecule has 1 N–H and O–H groups in total. The number of halogens is 1. The normalized spacial score (nSPS) is 18.2. The molecule has 1 aliphatic heterocycles. The summed E-state index contributed by atoms with van der Waals surface area (Å²) >= 11 is 5.39. The van der Waals surface area contributed by atoms with Gasteiger partial charge in [-0.15, -0.1) is 11.6 Å². The minimum absolute atomic E-state index is 0.186. The van der Waals surface area contributed by atoms with Crippen LogP contribution in [0.2, 0.25) is 0 Å². The Balaban J connectivity index is 1.86. The number of nitrogens with zero attached hydrogens (tertiary/aromatic N) is 1. The zero-order valence-electron chi connectivity index (χ0n) is 11.5. The number of carbonyl (C=O) groups excluding carboxylic acids is 1. The number of alkyl halides is 1. The number of amides is 1. The third-order valence-electron chi connectivity index (χ3n) is 3.81. The van der Waals surface area contributed by atoms with Gasteiger partial charge in [-0.1, -0.05) is 0 Å². The van der Waals surface area contributed by atoms with E-state index in [-0.39, 0.29) is 11.8 Å². The van der Waals surface area contributed by atoms with Gasteiger partial charge in [0.25, 0.3) is 0 Å². The Labute approximate surface area is 129 Å². The van der Waals surface area contributed by atoms with E-state index >= 15 is 0 Å². The number of anilines is 2. The second kappa shape index (κ2) is 5.50. The van der Waals surface area contributed by atoms with Crippen molar-refractivity contribution in [3.63, 3.8) is 0 Å². The third-order valence-corrected chi connectivity index (χ3v) is 5.50. The lowest BCUT2D eigenvalue weighted by atomic mass is 10.0. The van der Waals surface area contributed by atoms with E-state index in [1.165, 1.54) is 0 Å². The lowest BCUT2D eigenvalue weighted by molar-refractivity contribution is -0.119. The molecule has 1 amide bonds. The first-order valence-electron chi connectivity index (χ1n) is 7.01. The Bertz CT molecular complexity index is 671. The van der Waals surface area contributed by atoms with Crippen LogP contribution < -0.4 is 9.62 Å². The van der Waals surface area contributed by atoms with Gasteiger partial charge in [0.05, 0.1) is 0 Å². The molecular formula is C14H17ClN2O3S. The number of benzene rings is 1. The maximum atomic E-state index is 12.3. The monoisotopic (exact) mass is 328 g/mol. The fourth-order valence-electron chi connectivity index (χ4n) is 2.65. The molecule has 0 radical (unpaired) electrons. The molecule has 1 aliphatic carbocycles. The largest absolute Gasteiger partial charge is 0.312 e. The summed E-state index contributed by atoms with van der Waals surface area (Å²) in [6.45, 7) is 0.745. The quantitative estimate of drug-likeness (QED) is 0.862. The number of carbonyl (C=O) groups is 1. The number of rotatable bonds is 4. The summed E-state index contributed by atoms with van der Waals surface area (Å²) in [4.78, 5) is 14.1. The van der Waals surface area contributed by atoms with Crippen LogP contribution in [0.15, 0.2) is 18.2 Å². The SMILES string of the molecule is O=C(C1CC1)N1CCCc2cc(NS(=O)(=O)CCl)ccc21. The van der Waals surface area contributed by atoms with E-state index in [1.54, 1.807) is 12.1 Å². The fraction of sp³-hybridized carbons (Fsp3) is 0.500. The summed E-state index contributed by atoms with van der Waals surface area (Å²) in [7, 11) is -3.50. The molecule has 5 nitrogen and oxygen atoms in total. The van der Waals surface area contributed by atoms with Gasteiger partial charge in [-0.3, -0.25) is 9.52 Å². The molecule has 21 heavy (non-hydrogen) atoms. The van der Waals surface area contributed by atoms with Crippen LogP contribution in [0.1, 0.15) is 24.8 Å². The highest BCUT2D eigenvalue weighted by Crippen LogP contribution is 2.36. The summed E-state index contributed by atoms with van der Waals surface area (Å²) in [5.41, 5.74) is 2.41. The minimum atomic E-state index is -3.50. The predicted molar refractivity (Wildman–Crippen MR) is 83.1 cm³/mol. The minimum Gasteiger partial charge on any atom is -0.312 e. The van der Waals surface area contributed by atoms with Gasteiger partial charge in [0.2, 0.25) is 15.9 Å². The van der Waals surface area contributed by atoms with Crippen LogP contribution in [0.4, 0.5) is 11.4 Å². The number of nitrogens with one attached hydrogen (secondary N) is 1. The van der Waals surface area contributed by atoms with Crippen LogP contribution in [0.3, 0.4) is 0 Å². The van der Waals surface area contributed by atoms with Gasteiger partial charge in [-0.25, -0.2) is 8.42 Å². The third kappa shape index (κ3) is 3.16. The van der Waals surface area contributed by atoms with Gasteiger partial charge in [0.1, 0.15) is 5.21 Å². The molecular weight excluding hydrogens is 312 g/mol. The van der Waals surface area contributed by atoms with Crippen LogP contribution in [-0.4, -0.2) is 26.1 Å². The highest BCUT2D eigenvalue weighted by atomic mass is 35.5. The molecule has 1 fully saturated rings. The molecule has 0 aromatic heterocycles. The molecule has 1 saturated carbocycles. The van der Waals surface area contributed by atoms with Crippen molar-refractivity contribution >= 4 is 38.9 Å². The van der Waals surface area contributed by atoms with Crippen molar-refractivity contribution < 1.29 is 13.2 Å². The van der Waals surface area contributed by atoms with E-state index in [9.17, 15) is 13.2 Å². The van der Waals surface area contributed by atoms with Crippen molar-refractivity contribution in [2.75, 3.05) is 21.4 Å². The Hall–Kier alpha value is -1.27. The first-order chi connectivity index (χ1) is 10.00. The average Bonchev–Trinajstić information content (AvgIpc) is 3.30. The maximum Gasteiger partial charge on any atom is 0.246 e. The zero-order valence-corrected chi connectivity index (χ0v) is 13.1. The van der Waals surface area contributed by atoms with Crippen LogP contribution in [0.5, 0.6) is 0 Å². The number of hydrogen-bond acceptors (Lipinski definition) is 3. The van der Waals surface area contributed by atoms with Crippen molar-refractivity contribution in [2.45, 2.75) is 25.7 Å². The molecule has 3 rings (SSSR count). The van der Waals surface area contributed by atoms with E-state index in [2.05, 4.69) is 4.72 Å². The molecule has 0 atom stereocenters. The molecule has 1 aromatic carbocycles. The molecule has 0 bridgehead atoms. The Morgan fingerprint density at radius 3 is 2.81 bits per heavy atom. The fourth-order valence-corrected chi connectivity index (χ4v) is 3.35. The van der Waals surface area contributed by atoms with Gasteiger partial charge < -0.3 is 4.90 Å². The Kier molecular flexibility index (Phi) is 3.84. The second-order valence-corrected chi connectivity index (χ2v) is 7.84. The van der Waals surface area contributed by atoms with E-state index in [0.29, 0.717) is 5.69 Å². The molecule has 0 unspecified atom stereocenters. The lowest BCUT2D eigenvalue weighted by Gasteiger charge is -2.30. The molecule has 1 aromatic rings. The topological polar surface area (TPSA) is 66.5 Å². The molecule has 1 heterocycles. The Morgan fingerprint density at radius 2 is 2.14 bits per heavy atom. The standard InChI is InChI=1S/C14H17ClN2O3S/c15-9-21(19,20)16-12-5-6-13-11(8-12)2-1-7-17(13)14(18)10-3-4-10/h5-6,8,10,16H,1-4,7,9H2. The summed E-state index contributed by atoms with van der Waals surface area (Å²) in [5.74, 6) is 0.385. The van der Waals surface area contributed by atoms with Crippen LogP contribution in [0, 0.1) is 5.92 Å². The summed E-state index contributed by atoms with van der Waals surface area (Å²) in [6, 6.07) is 5.30. The first kappa shape index (κ1) is 14.7. The van der Waals surface area contributed by atoms with E-state index < -0.39 is 15.2 Å². The van der Waals surface area contributed by atoms with Gasteiger partial charge in [-0.2, -0.15) is 0 Å². The summed E-state index contributed by atoms with van der Waals surface area (Å²) in [6.07, 6.45) is 3.72. The maximum absolute atomic E-state index is 12.3. The Morgan fingerprint density at radius 1 is 1.38 bits per heavy atom. The molecule has 114 valence electrons. The molecule has 7 heteroatoms. The van der Waals surface area contributed by atoms with E-state index in [0.717, 1.165) is 43.5 Å². The average molecular weight is 329 g/mol. The van der Waals surface area contributed by atoms with E-state index in [4.69, 9.17) is 11.6 Å². The van der Waals surface area contributed by atoms with Gasteiger partial charge in [0.15, 0.2) is 0 Å². The van der Waals surface area contributed by atoms with Gasteiger partial charge in [0, 0.05) is 23.8 Å². The summed E-state index contributed by atoms with van der Waals surface area (Å²) in [5, 5.41) is -0.476. The second-order valence-electron chi connectivity index (χ2n) is 5.54. The van der Waals surface area contributed by atoms with Gasteiger partial charge >= 0.3 is 0 Å². The predicted octanol–water partition coefficient (Wildman–Crippen LogP) is 2.31. The lowest BCUT2D eigenvalue weighted by Crippen LogP contribution is -2.36. The first-order valence-corrected chi connectivity index (χ1v) is 9.19. The van der Waals surface area contributed by atoms with Crippen molar-refractivity contribution in [3.05, 3.63) is 23.8 Å². The number of aryl methyl sites for hydroxylation is 1. The highest BCUT2D eigenvalue weighted by molar-refractivity contribution is 7.93. The van der Waals surface area contributed by atoms with Crippen LogP contribution >= 0.6 is 11.6 Å². The van der Waals surface area contributed by atoms with E-state index in [1.807, 2.05) is 11.0 Å². The van der Waals surface area contributed by atoms with Crippen molar-refractivity contribution in [1.29, 1.82) is 0 Å². The zero-order chi connectivity index (χ0) is 15.0. The van der Waals surface area contributed by atoms with Crippen molar-refractivity contribution in [3.8, 4) is 0 Å². The highest BCUT2D eigenvalue weighted by Gasteiger charge is 2.35. The van der Waals surface area contributed by atoms with Crippen LogP contribution in [-0.2, 0) is 21.2 Å².